The van der Waals surface area contributed by atoms with E-state index in [0.717, 1.165) is 6.42 Å². The minimum absolute atomic E-state index is 0.321. The monoisotopic (exact) mass is 286 g/mol. The lowest BCUT2D eigenvalue weighted by Gasteiger charge is -2.13. The molecule has 1 amide bonds. The predicted molar refractivity (Wildman–Crippen MR) is 80.1 cm³/mol. The number of aromatic nitrogens is 1. The number of ether oxygens (including phenoxy) is 1. The highest BCUT2D eigenvalue weighted by molar-refractivity contribution is 5.96. The minimum atomic E-state index is -0.869. The first-order chi connectivity index (χ1) is 10.1. The van der Waals surface area contributed by atoms with Crippen molar-refractivity contribution in [2.45, 2.75) is 26.4 Å². The van der Waals surface area contributed by atoms with Crippen molar-refractivity contribution in [2.75, 3.05) is 5.32 Å². The average Bonchev–Trinajstić information content (AvgIpc) is 3.02. The number of esters is 1. The third-order valence-electron chi connectivity index (χ3n) is 3.10. The fourth-order valence-corrected chi connectivity index (χ4v) is 1.80. The van der Waals surface area contributed by atoms with Crippen LogP contribution in [-0.2, 0) is 16.0 Å². The number of carbonyl (C=O) groups excluding carboxylic acids is 2. The molecule has 0 aliphatic rings. The Morgan fingerprint density at radius 3 is 2.52 bits per heavy atom. The van der Waals surface area contributed by atoms with Crippen LogP contribution < -0.4 is 5.32 Å². The molecule has 0 bridgehead atoms. The van der Waals surface area contributed by atoms with Gasteiger partial charge in [0.1, 0.15) is 5.69 Å². The molecular weight excluding hydrogens is 268 g/mol. The average molecular weight is 286 g/mol. The van der Waals surface area contributed by atoms with E-state index in [1.54, 1.807) is 18.3 Å². The van der Waals surface area contributed by atoms with Gasteiger partial charge < -0.3 is 15.0 Å². The molecule has 110 valence electrons. The van der Waals surface area contributed by atoms with Crippen LogP contribution in [0.4, 0.5) is 5.69 Å². The van der Waals surface area contributed by atoms with Crippen LogP contribution in [0.2, 0.25) is 0 Å². The summed E-state index contributed by atoms with van der Waals surface area (Å²) in [5.74, 6) is -0.914. The summed E-state index contributed by atoms with van der Waals surface area (Å²) in [4.78, 5) is 26.4. The van der Waals surface area contributed by atoms with Gasteiger partial charge in [-0.1, -0.05) is 19.1 Å². The van der Waals surface area contributed by atoms with Crippen molar-refractivity contribution >= 4 is 17.6 Å². The van der Waals surface area contributed by atoms with E-state index in [4.69, 9.17) is 4.74 Å². The third kappa shape index (κ3) is 3.95. The summed E-state index contributed by atoms with van der Waals surface area (Å²) in [6.07, 6.45) is 1.70. The molecular formula is C16H18N2O3. The van der Waals surface area contributed by atoms with Gasteiger partial charge in [-0.2, -0.15) is 0 Å². The largest absolute Gasteiger partial charge is 0.448 e. The maximum absolute atomic E-state index is 12.0. The number of H-pyrrole nitrogens is 1. The molecule has 1 aromatic carbocycles. The quantitative estimate of drug-likeness (QED) is 0.830. The van der Waals surface area contributed by atoms with Crippen LogP contribution in [0, 0.1) is 0 Å². The summed E-state index contributed by atoms with van der Waals surface area (Å²) in [6, 6.07) is 10.8. The molecule has 2 N–H and O–H groups in total. The lowest BCUT2D eigenvalue weighted by molar-refractivity contribution is -0.123. The van der Waals surface area contributed by atoms with Crippen LogP contribution >= 0.6 is 0 Å². The smallest absolute Gasteiger partial charge is 0.355 e. The fourth-order valence-electron chi connectivity index (χ4n) is 1.80. The minimum Gasteiger partial charge on any atom is -0.448 e. The Morgan fingerprint density at radius 2 is 1.95 bits per heavy atom. The number of nitrogens with one attached hydrogen (secondary N) is 2. The highest BCUT2D eigenvalue weighted by Crippen LogP contribution is 2.11. The van der Waals surface area contributed by atoms with Gasteiger partial charge in [0, 0.05) is 11.9 Å². The first kappa shape index (κ1) is 14.8. The third-order valence-corrected chi connectivity index (χ3v) is 3.10. The molecule has 2 rings (SSSR count). The highest BCUT2D eigenvalue weighted by Gasteiger charge is 2.19. The van der Waals surface area contributed by atoms with Crippen molar-refractivity contribution in [3.63, 3.8) is 0 Å². The topological polar surface area (TPSA) is 71.2 Å². The Labute approximate surface area is 123 Å². The summed E-state index contributed by atoms with van der Waals surface area (Å²) >= 11 is 0. The molecule has 1 atom stereocenters. The van der Waals surface area contributed by atoms with Gasteiger partial charge in [0.15, 0.2) is 6.10 Å². The maximum atomic E-state index is 12.0. The van der Waals surface area contributed by atoms with E-state index in [9.17, 15) is 9.59 Å². The molecule has 0 fully saturated rings. The van der Waals surface area contributed by atoms with Gasteiger partial charge in [-0.05, 0) is 43.2 Å². The molecule has 0 saturated heterocycles. The molecule has 0 aliphatic carbocycles. The number of hydrogen-bond acceptors (Lipinski definition) is 3. The van der Waals surface area contributed by atoms with Gasteiger partial charge in [0.2, 0.25) is 0 Å². The summed E-state index contributed by atoms with van der Waals surface area (Å²) in [6.45, 7) is 3.60. The van der Waals surface area contributed by atoms with E-state index in [0.29, 0.717) is 11.4 Å². The number of aromatic amines is 1. The van der Waals surface area contributed by atoms with Crippen LogP contribution in [0.25, 0.3) is 0 Å². The molecule has 0 saturated carbocycles. The van der Waals surface area contributed by atoms with Crippen LogP contribution in [0.5, 0.6) is 0 Å². The second-order valence-corrected chi connectivity index (χ2v) is 4.67. The molecule has 1 aromatic heterocycles. The molecule has 0 unspecified atom stereocenters. The van der Waals surface area contributed by atoms with Gasteiger partial charge in [0.25, 0.3) is 5.91 Å². The van der Waals surface area contributed by atoms with Gasteiger partial charge in [-0.15, -0.1) is 0 Å². The Hall–Kier alpha value is -2.56. The molecule has 21 heavy (non-hydrogen) atoms. The molecule has 5 heteroatoms. The van der Waals surface area contributed by atoms with Crippen LogP contribution in [0.1, 0.15) is 29.9 Å². The number of rotatable bonds is 5. The Bertz CT molecular complexity index is 603. The number of aryl methyl sites for hydroxylation is 1. The summed E-state index contributed by atoms with van der Waals surface area (Å²) < 4.78 is 5.09. The van der Waals surface area contributed by atoms with E-state index < -0.39 is 12.1 Å². The van der Waals surface area contributed by atoms with Gasteiger partial charge in [0.05, 0.1) is 0 Å². The lowest BCUT2D eigenvalue weighted by Crippen LogP contribution is -2.30. The standard InChI is InChI=1S/C16H18N2O3/c1-3-12-6-8-13(9-7-12)18-15(19)11(2)21-16(20)14-5-4-10-17-14/h4-11,17H,3H2,1-2H3,(H,18,19)/t11-/m0/s1. The van der Waals surface area contributed by atoms with E-state index in [1.807, 2.05) is 24.3 Å². The summed E-state index contributed by atoms with van der Waals surface area (Å²) in [5, 5.41) is 2.72. The van der Waals surface area contributed by atoms with Crippen molar-refractivity contribution in [1.29, 1.82) is 0 Å². The highest BCUT2D eigenvalue weighted by atomic mass is 16.5. The lowest BCUT2D eigenvalue weighted by atomic mass is 10.1. The summed E-state index contributed by atoms with van der Waals surface area (Å²) in [7, 11) is 0. The van der Waals surface area contributed by atoms with Crippen LogP contribution in [0.15, 0.2) is 42.6 Å². The Morgan fingerprint density at radius 1 is 1.24 bits per heavy atom. The maximum Gasteiger partial charge on any atom is 0.355 e. The molecule has 0 radical (unpaired) electrons. The van der Waals surface area contributed by atoms with Crippen molar-refractivity contribution in [2.24, 2.45) is 0 Å². The number of anilines is 1. The Kier molecular flexibility index (Phi) is 4.77. The molecule has 0 spiro atoms. The zero-order valence-electron chi connectivity index (χ0n) is 12.1. The second-order valence-electron chi connectivity index (χ2n) is 4.67. The van der Waals surface area contributed by atoms with Gasteiger partial charge in [-0.3, -0.25) is 4.79 Å². The van der Waals surface area contributed by atoms with Crippen molar-refractivity contribution in [1.82, 2.24) is 4.98 Å². The zero-order chi connectivity index (χ0) is 15.2. The van der Waals surface area contributed by atoms with Gasteiger partial charge in [-0.25, -0.2) is 4.79 Å². The zero-order valence-corrected chi connectivity index (χ0v) is 12.1. The van der Waals surface area contributed by atoms with E-state index >= 15 is 0 Å². The molecule has 0 aliphatic heterocycles. The van der Waals surface area contributed by atoms with Crippen molar-refractivity contribution < 1.29 is 14.3 Å². The van der Waals surface area contributed by atoms with Crippen molar-refractivity contribution in [3.8, 4) is 0 Å². The number of amides is 1. The van der Waals surface area contributed by atoms with E-state index in [1.165, 1.54) is 12.5 Å². The molecule has 2 aromatic rings. The van der Waals surface area contributed by atoms with Gasteiger partial charge >= 0.3 is 5.97 Å². The first-order valence-corrected chi connectivity index (χ1v) is 6.84. The normalized spacial score (nSPS) is 11.7. The van der Waals surface area contributed by atoms with Crippen LogP contribution in [0.3, 0.4) is 0 Å². The fraction of sp³-hybridized carbons (Fsp3) is 0.250. The van der Waals surface area contributed by atoms with Crippen molar-refractivity contribution in [3.05, 3.63) is 53.9 Å². The van der Waals surface area contributed by atoms with Crippen LogP contribution in [-0.4, -0.2) is 23.0 Å². The SMILES string of the molecule is CCc1ccc(NC(=O)[C@H](C)OC(=O)c2ccc[nH]2)cc1. The second kappa shape index (κ2) is 6.74. The molecule has 5 nitrogen and oxygen atoms in total. The van der Waals surface area contributed by atoms with E-state index in [2.05, 4.69) is 17.2 Å². The number of hydrogen-bond donors (Lipinski definition) is 2. The van der Waals surface area contributed by atoms with E-state index in [-0.39, 0.29) is 5.91 Å². The number of benzene rings is 1. The summed E-state index contributed by atoms with van der Waals surface area (Å²) in [5.41, 5.74) is 2.20. The molecule has 1 heterocycles. The first-order valence-electron chi connectivity index (χ1n) is 6.84. The number of carbonyl (C=O) groups is 2. The Balaban J connectivity index is 1.91. The predicted octanol–water partition coefficient (Wildman–Crippen LogP) is 2.76.